The smallest absolute Gasteiger partial charge is 0.262 e. The van der Waals surface area contributed by atoms with Gasteiger partial charge in [0.1, 0.15) is 0 Å². The van der Waals surface area contributed by atoms with Gasteiger partial charge in [-0.3, -0.25) is 9.52 Å². The Kier molecular flexibility index (Phi) is 4.75. The van der Waals surface area contributed by atoms with Crippen molar-refractivity contribution in [3.8, 4) is 0 Å². The van der Waals surface area contributed by atoms with E-state index in [9.17, 15) is 13.2 Å². The highest BCUT2D eigenvalue weighted by Gasteiger charge is 2.18. The predicted octanol–water partition coefficient (Wildman–Crippen LogP) is 3.37. The molecule has 2 rings (SSSR count). The number of anilines is 2. The first-order valence-corrected chi connectivity index (χ1v) is 8.65. The molecule has 0 aliphatic heterocycles. The first-order valence-electron chi connectivity index (χ1n) is 7.17. The molecule has 0 aromatic heterocycles. The zero-order valence-corrected chi connectivity index (χ0v) is 14.4. The Morgan fingerprint density at radius 1 is 0.957 bits per heavy atom. The second-order valence-electron chi connectivity index (χ2n) is 5.59. The van der Waals surface area contributed by atoms with Crippen LogP contribution in [0.2, 0.25) is 0 Å². The van der Waals surface area contributed by atoms with E-state index in [1.807, 2.05) is 26.0 Å². The summed E-state index contributed by atoms with van der Waals surface area (Å²) < 4.78 is 28.0. The Morgan fingerprint density at radius 2 is 1.61 bits per heavy atom. The number of carbonyl (C=O) groups is 1. The molecule has 0 saturated heterocycles. The van der Waals surface area contributed by atoms with E-state index in [0.29, 0.717) is 16.9 Å². The molecule has 0 radical (unpaired) electrons. The van der Waals surface area contributed by atoms with E-state index >= 15 is 0 Å². The van der Waals surface area contributed by atoms with Gasteiger partial charge in [-0.15, -0.1) is 0 Å². The molecule has 5 nitrogen and oxygen atoms in total. The van der Waals surface area contributed by atoms with Gasteiger partial charge in [-0.1, -0.05) is 18.2 Å². The number of amides is 1. The van der Waals surface area contributed by atoms with Crippen LogP contribution in [-0.2, 0) is 14.8 Å². The average Bonchev–Trinajstić information content (AvgIpc) is 2.44. The molecular weight excluding hydrogens is 312 g/mol. The fraction of sp³-hybridized carbons (Fsp3) is 0.235. The van der Waals surface area contributed by atoms with Crippen LogP contribution in [0.25, 0.3) is 0 Å². The third kappa shape index (κ3) is 4.10. The third-order valence-corrected chi connectivity index (χ3v) is 4.94. The molecule has 0 atom stereocenters. The van der Waals surface area contributed by atoms with Crippen molar-refractivity contribution in [2.75, 3.05) is 10.0 Å². The summed E-state index contributed by atoms with van der Waals surface area (Å²) in [7, 11) is -3.74. The van der Waals surface area contributed by atoms with Crippen molar-refractivity contribution >= 4 is 27.3 Å². The normalized spacial score (nSPS) is 11.1. The van der Waals surface area contributed by atoms with Crippen LogP contribution < -0.4 is 10.0 Å². The highest BCUT2D eigenvalue weighted by molar-refractivity contribution is 7.92. The van der Waals surface area contributed by atoms with Gasteiger partial charge in [0, 0.05) is 12.6 Å². The summed E-state index contributed by atoms with van der Waals surface area (Å²) in [4.78, 5) is 11.3. The number of rotatable bonds is 4. The zero-order valence-electron chi connectivity index (χ0n) is 13.6. The zero-order chi connectivity index (χ0) is 17.2. The molecule has 6 heteroatoms. The number of hydrogen-bond donors (Lipinski definition) is 2. The van der Waals surface area contributed by atoms with E-state index in [2.05, 4.69) is 10.0 Å². The first kappa shape index (κ1) is 17.0. The number of hydrogen-bond acceptors (Lipinski definition) is 3. The summed E-state index contributed by atoms with van der Waals surface area (Å²) in [5, 5.41) is 2.60. The fourth-order valence-electron chi connectivity index (χ4n) is 2.22. The van der Waals surface area contributed by atoms with Crippen molar-refractivity contribution in [2.24, 2.45) is 0 Å². The highest BCUT2D eigenvalue weighted by Crippen LogP contribution is 2.25. The van der Waals surface area contributed by atoms with Crippen LogP contribution in [0.4, 0.5) is 11.4 Å². The number of aryl methyl sites for hydroxylation is 3. The Hall–Kier alpha value is -2.34. The van der Waals surface area contributed by atoms with E-state index in [4.69, 9.17) is 0 Å². The average molecular weight is 332 g/mol. The summed E-state index contributed by atoms with van der Waals surface area (Å²) in [6.45, 7) is 6.84. The lowest BCUT2D eigenvalue weighted by Gasteiger charge is -2.14. The molecule has 0 heterocycles. The number of sulfonamides is 1. The molecule has 122 valence electrons. The van der Waals surface area contributed by atoms with E-state index in [0.717, 1.165) is 11.1 Å². The predicted molar refractivity (Wildman–Crippen MR) is 92.2 cm³/mol. The van der Waals surface area contributed by atoms with Gasteiger partial charge in [0.05, 0.1) is 10.6 Å². The number of carbonyl (C=O) groups excluding carboxylic acids is 1. The van der Waals surface area contributed by atoms with Crippen molar-refractivity contribution in [3.63, 3.8) is 0 Å². The van der Waals surface area contributed by atoms with Crippen LogP contribution in [0.1, 0.15) is 23.6 Å². The lowest BCUT2D eigenvalue weighted by atomic mass is 10.1. The quantitative estimate of drug-likeness (QED) is 0.901. The third-order valence-electron chi connectivity index (χ3n) is 3.44. The SMILES string of the molecule is CC(=O)Nc1ccc(C)c(S(=O)(=O)Nc2cc(C)ccc2C)c1. The van der Waals surface area contributed by atoms with Crippen LogP contribution >= 0.6 is 0 Å². The molecule has 1 amide bonds. The topological polar surface area (TPSA) is 75.3 Å². The summed E-state index contributed by atoms with van der Waals surface area (Å²) in [5.74, 6) is -0.250. The minimum absolute atomic E-state index is 0.143. The second-order valence-corrected chi connectivity index (χ2v) is 7.24. The van der Waals surface area contributed by atoms with Gasteiger partial charge < -0.3 is 5.32 Å². The van der Waals surface area contributed by atoms with E-state index in [1.165, 1.54) is 13.0 Å². The number of benzene rings is 2. The molecular formula is C17H20N2O3S. The fourth-order valence-corrected chi connectivity index (χ4v) is 3.61. The molecule has 2 aromatic rings. The van der Waals surface area contributed by atoms with Gasteiger partial charge in [-0.2, -0.15) is 0 Å². The molecule has 0 unspecified atom stereocenters. The summed E-state index contributed by atoms with van der Waals surface area (Å²) in [5.41, 5.74) is 3.42. The maximum Gasteiger partial charge on any atom is 0.262 e. The first-order chi connectivity index (χ1) is 10.7. The van der Waals surface area contributed by atoms with Crippen molar-refractivity contribution < 1.29 is 13.2 Å². The van der Waals surface area contributed by atoms with Gasteiger partial charge >= 0.3 is 0 Å². The minimum Gasteiger partial charge on any atom is -0.326 e. The Bertz CT molecular complexity index is 858. The van der Waals surface area contributed by atoms with Gasteiger partial charge in [0.15, 0.2) is 0 Å². The maximum absolute atomic E-state index is 12.7. The summed E-state index contributed by atoms with van der Waals surface area (Å²) >= 11 is 0. The minimum atomic E-state index is -3.74. The molecule has 23 heavy (non-hydrogen) atoms. The van der Waals surface area contributed by atoms with Crippen molar-refractivity contribution in [1.29, 1.82) is 0 Å². The molecule has 0 aliphatic rings. The van der Waals surface area contributed by atoms with Gasteiger partial charge in [0.25, 0.3) is 10.0 Å². The molecule has 0 fully saturated rings. The van der Waals surface area contributed by atoms with Crippen molar-refractivity contribution in [2.45, 2.75) is 32.6 Å². The van der Waals surface area contributed by atoms with Crippen LogP contribution in [0.3, 0.4) is 0 Å². The Balaban J connectivity index is 2.43. The molecule has 2 aromatic carbocycles. The largest absolute Gasteiger partial charge is 0.326 e. The van der Waals surface area contributed by atoms with Crippen molar-refractivity contribution in [1.82, 2.24) is 0 Å². The van der Waals surface area contributed by atoms with Crippen molar-refractivity contribution in [3.05, 3.63) is 53.1 Å². The highest BCUT2D eigenvalue weighted by atomic mass is 32.2. The second kappa shape index (κ2) is 6.42. The lowest BCUT2D eigenvalue weighted by Crippen LogP contribution is -2.16. The van der Waals surface area contributed by atoms with E-state index in [-0.39, 0.29) is 10.8 Å². The Labute approximate surface area is 136 Å². The van der Waals surface area contributed by atoms with E-state index < -0.39 is 10.0 Å². The monoisotopic (exact) mass is 332 g/mol. The molecule has 2 N–H and O–H groups in total. The summed E-state index contributed by atoms with van der Waals surface area (Å²) in [6.07, 6.45) is 0. The van der Waals surface area contributed by atoms with Crippen LogP contribution in [0, 0.1) is 20.8 Å². The molecule has 0 aliphatic carbocycles. The lowest BCUT2D eigenvalue weighted by molar-refractivity contribution is -0.114. The molecule has 0 spiro atoms. The standard InChI is InChI=1S/C17H20N2O3S/c1-11-5-6-12(2)16(9-11)19-23(21,22)17-10-15(18-14(4)20)8-7-13(17)3/h5-10,19H,1-4H3,(H,18,20). The van der Waals surface area contributed by atoms with E-state index in [1.54, 1.807) is 25.1 Å². The Morgan fingerprint density at radius 3 is 2.26 bits per heavy atom. The van der Waals surface area contributed by atoms with Crippen LogP contribution in [-0.4, -0.2) is 14.3 Å². The van der Waals surface area contributed by atoms with Gasteiger partial charge in [-0.05, 0) is 55.7 Å². The van der Waals surface area contributed by atoms with Crippen LogP contribution in [0.15, 0.2) is 41.3 Å². The summed E-state index contributed by atoms with van der Waals surface area (Å²) in [6, 6.07) is 10.4. The van der Waals surface area contributed by atoms with Gasteiger partial charge in [0.2, 0.25) is 5.91 Å². The maximum atomic E-state index is 12.7. The number of nitrogens with one attached hydrogen (secondary N) is 2. The van der Waals surface area contributed by atoms with Gasteiger partial charge in [-0.25, -0.2) is 8.42 Å². The van der Waals surface area contributed by atoms with Crippen LogP contribution in [0.5, 0.6) is 0 Å². The molecule has 0 bridgehead atoms. The molecule has 0 saturated carbocycles.